The summed E-state index contributed by atoms with van der Waals surface area (Å²) in [6.07, 6.45) is 0. The molecule has 1 unspecified atom stereocenters. The number of rotatable bonds is 4. The molecule has 0 radical (unpaired) electrons. The minimum absolute atomic E-state index is 0.105. The van der Waals surface area contributed by atoms with Crippen molar-refractivity contribution in [3.05, 3.63) is 58.9 Å². The number of carbonyl (C=O) groups excluding carboxylic acids is 1. The van der Waals surface area contributed by atoms with E-state index in [1.807, 2.05) is 0 Å². The summed E-state index contributed by atoms with van der Waals surface area (Å²) in [6.45, 7) is 0.105. The number of epoxide rings is 1. The highest BCUT2D eigenvalue weighted by Crippen LogP contribution is 2.42. The smallest absolute Gasteiger partial charge is 0.345 e. The van der Waals surface area contributed by atoms with Crippen molar-refractivity contribution < 1.29 is 23.4 Å². The minimum atomic E-state index is -1.32. The summed E-state index contributed by atoms with van der Waals surface area (Å²) in [5.41, 5.74) is -1.18. The summed E-state index contributed by atoms with van der Waals surface area (Å²) < 4.78 is 29.6. The van der Waals surface area contributed by atoms with Crippen LogP contribution in [0.2, 0.25) is 5.02 Å². The minimum Gasteiger partial charge on any atom is -0.467 e. The average Bonchev–Trinajstić information content (AvgIpc) is 3.30. The third-order valence-corrected chi connectivity index (χ3v) is 3.63. The lowest BCUT2D eigenvalue weighted by atomic mass is 9.99. The van der Waals surface area contributed by atoms with Crippen molar-refractivity contribution >= 4 is 17.6 Å². The normalized spacial score (nSPS) is 19.6. The molecule has 0 amide bonds. The van der Waals surface area contributed by atoms with Gasteiger partial charge in [-0.15, -0.1) is 0 Å². The molecule has 1 fully saturated rings. The van der Waals surface area contributed by atoms with Gasteiger partial charge < -0.3 is 14.2 Å². The van der Waals surface area contributed by atoms with Crippen LogP contribution in [-0.4, -0.2) is 19.7 Å². The van der Waals surface area contributed by atoms with E-state index in [1.165, 1.54) is 19.2 Å². The van der Waals surface area contributed by atoms with E-state index in [2.05, 4.69) is 4.74 Å². The number of hydrogen-bond donors (Lipinski definition) is 0. The quantitative estimate of drug-likeness (QED) is 0.636. The van der Waals surface area contributed by atoms with E-state index in [1.54, 1.807) is 30.3 Å². The van der Waals surface area contributed by atoms with Crippen LogP contribution in [0.3, 0.4) is 0 Å². The van der Waals surface area contributed by atoms with Crippen LogP contribution in [-0.2, 0) is 19.9 Å². The Morgan fingerprint density at radius 2 is 1.86 bits per heavy atom. The Morgan fingerprint density at radius 3 is 2.41 bits per heavy atom. The van der Waals surface area contributed by atoms with Crippen LogP contribution < -0.4 is 4.74 Å². The van der Waals surface area contributed by atoms with E-state index in [0.717, 1.165) is 0 Å². The molecule has 1 aliphatic rings. The number of hydrogen-bond acceptors (Lipinski definition) is 4. The Balaban J connectivity index is 1.84. The van der Waals surface area contributed by atoms with Crippen molar-refractivity contribution in [3.8, 4) is 11.5 Å². The second-order valence-corrected chi connectivity index (χ2v) is 5.24. The first kappa shape index (κ1) is 14.8. The second-order valence-electron chi connectivity index (χ2n) is 4.80. The van der Waals surface area contributed by atoms with Crippen molar-refractivity contribution in [1.82, 2.24) is 0 Å². The highest BCUT2D eigenvalue weighted by atomic mass is 35.5. The molecule has 0 saturated carbocycles. The molecule has 1 atom stereocenters. The Kier molecular flexibility index (Phi) is 3.76. The van der Waals surface area contributed by atoms with Gasteiger partial charge >= 0.3 is 5.97 Å². The van der Waals surface area contributed by atoms with E-state index < -0.39 is 17.4 Å². The predicted molar refractivity (Wildman–Crippen MR) is 77.6 cm³/mol. The molecule has 1 saturated heterocycles. The molecule has 4 nitrogen and oxygen atoms in total. The van der Waals surface area contributed by atoms with Gasteiger partial charge in [0.1, 0.15) is 17.3 Å². The van der Waals surface area contributed by atoms with Crippen molar-refractivity contribution in [2.45, 2.75) is 5.60 Å². The second kappa shape index (κ2) is 5.59. The first-order valence-electron chi connectivity index (χ1n) is 6.51. The van der Waals surface area contributed by atoms with Gasteiger partial charge in [-0.2, -0.15) is 0 Å². The SMILES string of the molecule is COC(=O)C1(c2ccc(Oc3ccc(Cl)cc3)cc2F)CO1. The lowest BCUT2D eigenvalue weighted by Crippen LogP contribution is -2.24. The van der Waals surface area contributed by atoms with Gasteiger partial charge in [-0.3, -0.25) is 0 Å². The lowest BCUT2D eigenvalue weighted by molar-refractivity contribution is -0.147. The first-order chi connectivity index (χ1) is 10.5. The van der Waals surface area contributed by atoms with E-state index in [0.29, 0.717) is 16.5 Å². The van der Waals surface area contributed by atoms with Crippen LogP contribution >= 0.6 is 11.6 Å². The molecule has 0 bridgehead atoms. The van der Waals surface area contributed by atoms with Crippen LogP contribution in [0.15, 0.2) is 42.5 Å². The molecule has 2 aromatic carbocycles. The van der Waals surface area contributed by atoms with Crippen molar-refractivity contribution in [2.75, 3.05) is 13.7 Å². The van der Waals surface area contributed by atoms with Crippen molar-refractivity contribution in [2.24, 2.45) is 0 Å². The maximum Gasteiger partial charge on any atom is 0.345 e. The topological polar surface area (TPSA) is 48.1 Å². The standard InChI is InChI=1S/C16H12ClFO4/c1-20-15(19)16(9-21-16)13-7-6-12(8-14(13)18)22-11-4-2-10(17)3-5-11/h2-8H,9H2,1H3. The fraction of sp³-hybridized carbons (Fsp3) is 0.188. The van der Waals surface area contributed by atoms with Gasteiger partial charge in [0, 0.05) is 16.7 Å². The highest BCUT2D eigenvalue weighted by Gasteiger charge is 2.56. The van der Waals surface area contributed by atoms with Gasteiger partial charge in [-0.05, 0) is 36.4 Å². The van der Waals surface area contributed by atoms with E-state index in [4.69, 9.17) is 21.1 Å². The molecule has 0 spiro atoms. The summed E-state index contributed by atoms with van der Waals surface area (Å²) in [5, 5.41) is 0.583. The van der Waals surface area contributed by atoms with Crippen LogP contribution in [0.25, 0.3) is 0 Å². The first-order valence-corrected chi connectivity index (χ1v) is 6.89. The average molecular weight is 323 g/mol. The van der Waals surface area contributed by atoms with Gasteiger partial charge in [-0.25, -0.2) is 9.18 Å². The number of halogens is 2. The van der Waals surface area contributed by atoms with Crippen LogP contribution in [0, 0.1) is 5.82 Å². The molecule has 2 aromatic rings. The molecule has 1 aliphatic heterocycles. The largest absolute Gasteiger partial charge is 0.467 e. The number of methoxy groups -OCH3 is 1. The molecular formula is C16H12ClFO4. The van der Waals surface area contributed by atoms with Crippen molar-refractivity contribution in [1.29, 1.82) is 0 Å². The van der Waals surface area contributed by atoms with Crippen LogP contribution in [0.5, 0.6) is 11.5 Å². The summed E-state index contributed by atoms with van der Waals surface area (Å²) in [7, 11) is 1.24. The zero-order valence-electron chi connectivity index (χ0n) is 11.6. The number of esters is 1. The molecule has 0 N–H and O–H groups in total. The van der Waals surface area contributed by atoms with E-state index in [9.17, 15) is 9.18 Å². The Morgan fingerprint density at radius 1 is 1.23 bits per heavy atom. The van der Waals surface area contributed by atoms with Crippen LogP contribution in [0.4, 0.5) is 4.39 Å². The predicted octanol–water partition coefficient (Wildman–Crippen LogP) is 3.67. The summed E-state index contributed by atoms with van der Waals surface area (Å²) in [6, 6.07) is 10.9. The summed E-state index contributed by atoms with van der Waals surface area (Å²) in [4.78, 5) is 11.7. The fourth-order valence-corrected chi connectivity index (χ4v) is 2.27. The molecule has 22 heavy (non-hydrogen) atoms. The zero-order chi connectivity index (χ0) is 15.7. The number of carbonyl (C=O) groups is 1. The van der Waals surface area contributed by atoms with Gasteiger partial charge in [0.2, 0.25) is 5.60 Å². The monoisotopic (exact) mass is 322 g/mol. The van der Waals surface area contributed by atoms with Gasteiger partial charge in [-0.1, -0.05) is 11.6 Å². The highest BCUT2D eigenvalue weighted by molar-refractivity contribution is 6.30. The number of ether oxygens (including phenoxy) is 3. The van der Waals surface area contributed by atoms with Gasteiger partial charge in [0.15, 0.2) is 0 Å². The third kappa shape index (κ3) is 2.65. The molecular weight excluding hydrogens is 311 g/mol. The Labute approximate surface area is 131 Å². The molecule has 114 valence electrons. The van der Waals surface area contributed by atoms with Crippen molar-refractivity contribution in [3.63, 3.8) is 0 Å². The molecule has 3 rings (SSSR count). The molecule has 1 heterocycles. The molecule has 0 aromatic heterocycles. The van der Waals surface area contributed by atoms with Crippen LogP contribution in [0.1, 0.15) is 5.56 Å². The fourth-order valence-electron chi connectivity index (χ4n) is 2.15. The Hall–Kier alpha value is -2.11. The van der Waals surface area contributed by atoms with E-state index >= 15 is 0 Å². The molecule has 0 aliphatic carbocycles. The van der Waals surface area contributed by atoms with Gasteiger partial charge in [0.05, 0.1) is 13.7 Å². The Bertz CT molecular complexity index is 711. The summed E-state index contributed by atoms with van der Waals surface area (Å²) in [5.74, 6) is -0.363. The molecule has 6 heteroatoms. The van der Waals surface area contributed by atoms with Gasteiger partial charge in [0.25, 0.3) is 0 Å². The lowest BCUT2D eigenvalue weighted by Gasteiger charge is -2.12. The maximum atomic E-state index is 14.3. The third-order valence-electron chi connectivity index (χ3n) is 3.37. The van der Waals surface area contributed by atoms with E-state index in [-0.39, 0.29) is 12.2 Å². The zero-order valence-corrected chi connectivity index (χ0v) is 12.4. The number of benzene rings is 2. The maximum absolute atomic E-state index is 14.3. The summed E-state index contributed by atoms with van der Waals surface area (Å²) >= 11 is 5.79.